The number of carbonyl (C=O) groups is 2. The fourth-order valence-electron chi connectivity index (χ4n) is 5.59. The molecule has 1 aromatic carbocycles. The molecule has 0 radical (unpaired) electrons. The SMILES string of the molecule is O=C(O)C(=O)O.c1ccc(C2CCC(N3CCN(C4CCCCCC4)CC3)CC2)cc1. The molecule has 172 valence electrons. The molecule has 6 heteroatoms. The molecule has 0 unspecified atom stereocenters. The minimum atomic E-state index is -1.82. The first-order valence-corrected chi connectivity index (χ1v) is 12.0. The largest absolute Gasteiger partial charge is 0.473 e. The lowest BCUT2D eigenvalue weighted by Gasteiger charge is -2.44. The van der Waals surface area contributed by atoms with Crippen LogP contribution in [0.25, 0.3) is 0 Å². The van der Waals surface area contributed by atoms with E-state index in [1.54, 1.807) is 5.56 Å². The summed E-state index contributed by atoms with van der Waals surface area (Å²) in [5, 5.41) is 14.8. The highest BCUT2D eigenvalue weighted by atomic mass is 16.4. The first-order chi connectivity index (χ1) is 15.0. The van der Waals surface area contributed by atoms with Gasteiger partial charge in [0, 0.05) is 38.3 Å². The third kappa shape index (κ3) is 7.32. The lowest BCUT2D eigenvalue weighted by atomic mass is 9.81. The Morgan fingerprint density at radius 1 is 0.645 bits per heavy atom. The molecule has 2 N–H and O–H groups in total. The second-order valence-corrected chi connectivity index (χ2v) is 9.24. The van der Waals surface area contributed by atoms with Crippen molar-refractivity contribution in [2.45, 2.75) is 82.2 Å². The smallest absolute Gasteiger partial charge is 0.414 e. The summed E-state index contributed by atoms with van der Waals surface area (Å²) in [6.45, 7) is 5.28. The molecular formula is C25H38N2O4. The van der Waals surface area contributed by atoms with Gasteiger partial charge in [0.2, 0.25) is 0 Å². The Morgan fingerprint density at radius 3 is 1.55 bits per heavy atom. The van der Waals surface area contributed by atoms with Gasteiger partial charge < -0.3 is 10.2 Å². The fraction of sp³-hybridized carbons (Fsp3) is 0.680. The molecule has 1 heterocycles. The van der Waals surface area contributed by atoms with Crippen molar-refractivity contribution >= 4 is 11.9 Å². The third-order valence-electron chi connectivity index (χ3n) is 7.36. The van der Waals surface area contributed by atoms with E-state index in [9.17, 15) is 0 Å². The summed E-state index contributed by atoms with van der Waals surface area (Å²) in [7, 11) is 0. The van der Waals surface area contributed by atoms with Gasteiger partial charge in [-0.1, -0.05) is 56.0 Å². The van der Waals surface area contributed by atoms with Crippen LogP contribution in [0.15, 0.2) is 30.3 Å². The molecule has 1 aromatic rings. The molecular weight excluding hydrogens is 392 g/mol. The zero-order chi connectivity index (χ0) is 22.1. The molecule has 1 saturated heterocycles. The summed E-state index contributed by atoms with van der Waals surface area (Å²) in [6.07, 6.45) is 14.4. The standard InChI is InChI=1S/C23H36N2.C2H2O4/c1-2-7-11-22(10-6-1)24-16-18-25(19-17-24)23-14-12-21(13-15-23)20-8-4-3-5-9-20;3-1(4)2(5)6/h3-5,8-9,21-23H,1-2,6-7,10-19H2;(H,3,4)(H,5,6). The highest BCUT2D eigenvalue weighted by Crippen LogP contribution is 2.35. The number of piperazine rings is 1. The van der Waals surface area contributed by atoms with Gasteiger partial charge >= 0.3 is 11.9 Å². The lowest BCUT2D eigenvalue weighted by molar-refractivity contribution is -0.159. The van der Waals surface area contributed by atoms with Crippen molar-refractivity contribution in [2.24, 2.45) is 0 Å². The average molecular weight is 431 g/mol. The maximum atomic E-state index is 9.10. The third-order valence-corrected chi connectivity index (χ3v) is 7.36. The predicted octanol–water partition coefficient (Wildman–Crippen LogP) is 4.21. The first kappa shape index (κ1) is 23.7. The van der Waals surface area contributed by atoms with Gasteiger partial charge in [-0.25, -0.2) is 9.59 Å². The maximum Gasteiger partial charge on any atom is 0.414 e. The Morgan fingerprint density at radius 2 is 1.10 bits per heavy atom. The van der Waals surface area contributed by atoms with Crippen molar-refractivity contribution < 1.29 is 19.8 Å². The Balaban J connectivity index is 0.000000401. The van der Waals surface area contributed by atoms with E-state index in [2.05, 4.69) is 40.1 Å². The predicted molar refractivity (Wildman–Crippen MR) is 121 cm³/mol. The van der Waals surface area contributed by atoms with Crippen molar-refractivity contribution in [1.82, 2.24) is 9.80 Å². The molecule has 0 amide bonds. The molecule has 3 aliphatic rings. The van der Waals surface area contributed by atoms with Gasteiger partial charge in [-0.05, 0) is 50.0 Å². The van der Waals surface area contributed by atoms with Crippen LogP contribution in [0, 0.1) is 0 Å². The number of nitrogens with zero attached hydrogens (tertiary/aromatic N) is 2. The molecule has 0 spiro atoms. The van der Waals surface area contributed by atoms with Crippen LogP contribution in [0.2, 0.25) is 0 Å². The van der Waals surface area contributed by atoms with Crippen molar-refractivity contribution in [2.75, 3.05) is 26.2 Å². The summed E-state index contributed by atoms with van der Waals surface area (Å²) in [5.41, 5.74) is 1.57. The Bertz CT molecular complexity index is 660. The van der Waals surface area contributed by atoms with Crippen LogP contribution in [0.3, 0.4) is 0 Å². The second kappa shape index (κ2) is 12.2. The normalized spacial score (nSPS) is 26.3. The highest BCUT2D eigenvalue weighted by molar-refractivity contribution is 6.27. The fourth-order valence-corrected chi connectivity index (χ4v) is 5.59. The van der Waals surface area contributed by atoms with Gasteiger partial charge in [-0.15, -0.1) is 0 Å². The molecule has 2 saturated carbocycles. The van der Waals surface area contributed by atoms with Gasteiger partial charge in [-0.3, -0.25) is 9.80 Å². The molecule has 2 aliphatic carbocycles. The summed E-state index contributed by atoms with van der Waals surface area (Å²) in [5.74, 6) is -2.84. The van der Waals surface area contributed by atoms with Crippen molar-refractivity contribution in [1.29, 1.82) is 0 Å². The maximum absolute atomic E-state index is 9.10. The van der Waals surface area contributed by atoms with Crippen LogP contribution in [0.1, 0.15) is 75.7 Å². The van der Waals surface area contributed by atoms with Gasteiger partial charge in [0.25, 0.3) is 0 Å². The number of carboxylic acids is 2. The van der Waals surface area contributed by atoms with Crippen LogP contribution in [0.5, 0.6) is 0 Å². The van der Waals surface area contributed by atoms with Gasteiger partial charge in [-0.2, -0.15) is 0 Å². The minimum absolute atomic E-state index is 0.810. The molecule has 3 fully saturated rings. The zero-order valence-electron chi connectivity index (χ0n) is 18.6. The van der Waals surface area contributed by atoms with Crippen molar-refractivity contribution in [3.8, 4) is 0 Å². The molecule has 6 nitrogen and oxygen atoms in total. The number of hydrogen-bond acceptors (Lipinski definition) is 4. The summed E-state index contributed by atoms with van der Waals surface area (Å²) < 4.78 is 0. The number of rotatable bonds is 3. The Kier molecular flexibility index (Phi) is 9.34. The van der Waals surface area contributed by atoms with E-state index in [0.717, 1.165) is 18.0 Å². The van der Waals surface area contributed by atoms with Crippen LogP contribution in [-0.4, -0.2) is 70.2 Å². The molecule has 0 atom stereocenters. The van der Waals surface area contributed by atoms with Crippen molar-refractivity contribution in [3.05, 3.63) is 35.9 Å². The molecule has 0 aromatic heterocycles. The van der Waals surface area contributed by atoms with Crippen LogP contribution >= 0.6 is 0 Å². The van der Waals surface area contributed by atoms with E-state index >= 15 is 0 Å². The number of hydrogen-bond donors (Lipinski definition) is 2. The molecule has 4 rings (SSSR count). The minimum Gasteiger partial charge on any atom is -0.473 e. The average Bonchev–Trinajstić information content (AvgIpc) is 3.10. The lowest BCUT2D eigenvalue weighted by Crippen LogP contribution is -2.53. The van der Waals surface area contributed by atoms with Gasteiger partial charge in [0.05, 0.1) is 0 Å². The van der Waals surface area contributed by atoms with Crippen LogP contribution < -0.4 is 0 Å². The highest BCUT2D eigenvalue weighted by Gasteiger charge is 2.30. The van der Waals surface area contributed by atoms with E-state index in [0.29, 0.717) is 0 Å². The summed E-state index contributed by atoms with van der Waals surface area (Å²) >= 11 is 0. The Labute approximate surface area is 186 Å². The van der Waals surface area contributed by atoms with E-state index in [-0.39, 0.29) is 0 Å². The number of benzene rings is 1. The molecule has 31 heavy (non-hydrogen) atoms. The zero-order valence-corrected chi connectivity index (χ0v) is 18.6. The monoisotopic (exact) mass is 430 g/mol. The second-order valence-electron chi connectivity index (χ2n) is 9.24. The number of carboxylic acid groups (broad SMARTS) is 2. The van der Waals surface area contributed by atoms with Crippen LogP contribution in [0.4, 0.5) is 0 Å². The van der Waals surface area contributed by atoms with Crippen LogP contribution in [-0.2, 0) is 9.59 Å². The summed E-state index contributed by atoms with van der Waals surface area (Å²) in [6, 6.07) is 13.0. The van der Waals surface area contributed by atoms with Gasteiger partial charge in [0.1, 0.15) is 0 Å². The van der Waals surface area contributed by atoms with Gasteiger partial charge in [0.15, 0.2) is 0 Å². The van der Waals surface area contributed by atoms with E-state index < -0.39 is 11.9 Å². The topological polar surface area (TPSA) is 81.1 Å². The molecule has 0 bridgehead atoms. The Hall–Kier alpha value is -1.92. The quantitative estimate of drug-likeness (QED) is 0.552. The van der Waals surface area contributed by atoms with E-state index in [4.69, 9.17) is 19.8 Å². The first-order valence-electron chi connectivity index (χ1n) is 12.0. The van der Waals surface area contributed by atoms with Crippen molar-refractivity contribution in [3.63, 3.8) is 0 Å². The van der Waals surface area contributed by atoms with E-state index in [1.165, 1.54) is 90.4 Å². The summed E-state index contributed by atoms with van der Waals surface area (Å²) in [4.78, 5) is 23.9. The molecule has 1 aliphatic heterocycles. The number of aliphatic carboxylic acids is 2. The van der Waals surface area contributed by atoms with E-state index in [1.807, 2.05) is 0 Å².